The summed E-state index contributed by atoms with van der Waals surface area (Å²) in [5.74, 6) is -0.373. The van der Waals surface area contributed by atoms with Crippen molar-refractivity contribution in [2.24, 2.45) is 17.8 Å². The van der Waals surface area contributed by atoms with Gasteiger partial charge in [0.2, 0.25) is 0 Å². The van der Waals surface area contributed by atoms with Crippen molar-refractivity contribution in [2.45, 2.75) is 27.7 Å². The summed E-state index contributed by atoms with van der Waals surface area (Å²) in [6.45, 7) is 8.65. The van der Waals surface area contributed by atoms with E-state index in [1.807, 2.05) is 0 Å². The summed E-state index contributed by atoms with van der Waals surface area (Å²) in [5, 5.41) is 13.4. The van der Waals surface area contributed by atoms with Gasteiger partial charge in [0.1, 0.15) is 5.82 Å². The molecule has 5 nitrogen and oxygen atoms in total. The van der Waals surface area contributed by atoms with Crippen LogP contribution in [0.3, 0.4) is 0 Å². The molecule has 0 spiro atoms. The van der Waals surface area contributed by atoms with Crippen LogP contribution in [-0.2, 0) is 0 Å². The lowest BCUT2D eigenvalue weighted by Crippen LogP contribution is -2.34. The third-order valence-corrected chi connectivity index (χ3v) is 3.62. The van der Waals surface area contributed by atoms with Gasteiger partial charge in [-0.3, -0.25) is 14.9 Å². The molecule has 6 heteroatoms. The number of nitro benzene ring substituents is 1. The van der Waals surface area contributed by atoms with E-state index in [0.717, 1.165) is 18.2 Å². The molecule has 1 aromatic carbocycles. The van der Waals surface area contributed by atoms with Gasteiger partial charge in [0.15, 0.2) is 0 Å². The topological polar surface area (TPSA) is 72.2 Å². The summed E-state index contributed by atoms with van der Waals surface area (Å²) in [6.07, 6.45) is 0. The molecular formula is C15H21FN2O3. The fraction of sp³-hybridized carbons (Fsp3) is 0.533. The van der Waals surface area contributed by atoms with E-state index in [-0.39, 0.29) is 17.2 Å². The zero-order valence-corrected chi connectivity index (χ0v) is 12.7. The third-order valence-electron chi connectivity index (χ3n) is 3.62. The van der Waals surface area contributed by atoms with Crippen molar-refractivity contribution in [3.63, 3.8) is 0 Å². The first-order chi connectivity index (χ1) is 9.73. The Balaban J connectivity index is 2.84. The Bertz CT molecular complexity index is 522. The first-order valence-corrected chi connectivity index (χ1v) is 6.96. The van der Waals surface area contributed by atoms with Crippen LogP contribution in [0.2, 0.25) is 0 Å². The van der Waals surface area contributed by atoms with E-state index in [1.54, 1.807) is 0 Å². The molecule has 0 aliphatic carbocycles. The van der Waals surface area contributed by atoms with Crippen LogP contribution in [0.1, 0.15) is 38.1 Å². The molecule has 0 fully saturated rings. The van der Waals surface area contributed by atoms with Crippen LogP contribution in [0.25, 0.3) is 0 Å². The summed E-state index contributed by atoms with van der Waals surface area (Å²) in [6, 6.07) is 2.94. The first-order valence-electron chi connectivity index (χ1n) is 6.96. The Hall–Kier alpha value is -1.98. The van der Waals surface area contributed by atoms with Crippen LogP contribution in [0.15, 0.2) is 18.2 Å². The minimum atomic E-state index is -0.760. The molecule has 0 unspecified atom stereocenters. The van der Waals surface area contributed by atoms with Gasteiger partial charge in [-0.25, -0.2) is 4.39 Å². The van der Waals surface area contributed by atoms with Gasteiger partial charge >= 0.3 is 0 Å². The highest BCUT2D eigenvalue weighted by molar-refractivity contribution is 5.95. The zero-order chi connectivity index (χ0) is 16.2. The fourth-order valence-electron chi connectivity index (χ4n) is 2.35. The lowest BCUT2D eigenvalue weighted by atomic mass is 9.85. The molecule has 1 N–H and O–H groups in total. The number of halogens is 1. The van der Waals surface area contributed by atoms with Crippen LogP contribution >= 0.6 is 0 Å². The molecule has 0 heterocycles. The Morgan fingerprint density at radius 3 is 2.33 bits per heavy atom. The summed E-state index contributed by atoms with van der Waals surface area (Å²) in [4.78, 5) is 22.0. The summed E-state index contributed by atoms with van der Waals surface area (Å²) in [7, 11) is 0. The monoisotopic (exact) mass is 296 g/mol. The Kier molecular flexibility index (Phi) is 5.81. The largest absolute Gasteiger partial charge is 0.352 e. The molecule has 0 aliphatic heterocycles. The Morgan fingerprint density at radius 2 is 1.86 bits per heavy atom. The average molecular weight is 296 g/mol. The maximum atomic E-state index is 13.6. The summed E-state index contributed by atoms with van der Waals surface area (Å²) >= 11 is 0. The van der Waals surface area contributed by atoms with Crippen LogP contribution in [0, 0.1) is 33.7 Å². The van der Waals surface area contributed by atoms with Crippen LogP contribution in [-0.4, -0.2) is 17.4 Å². The normalized spacial score (nSPS) is 11.2. The third kappa shape index (κ3) is 4.51. The van der Waals surface area contributed by atoms with E-state index < -0.39 is 16.6 Å². The van der Waals surface area contributed by atoms with Gasteiger partial charge < -0.3 is 5.32 Å². The highest BCUT2D eigenvalue weighted by atomic mass is 19.1. The van der Waals surface area contributed by atoms with E-state index in [0.29, 0.717) is 18.4 Å². The molecule has 0 radical (unpaired) electrons. The van der Waals surface area contributed by atoms with Crippen molar-refractivity contribution in [3.05, 3.63) is 39.7 Å². The van der Waals surface area contributed by atoms with Crippen molar-refractivity contribution < 1.29 is 14.1 Å². The molecular weight excluding hydrogens is 275 g/mol. The van der Waals surface area contributed by atoms with E-state index in [4.69, 9.17) is 0 Å². The van der Waals surface area contributed by atoms with E-state index in [9.17, 15) is 19.3 Å². The molecule has 0 saturated carbocycles. The second kappa shape index (κ2) is 7.15. The second-order valence-corrected chi connectivity index (χ2v) is 5.78. The maximum Gasteiger partial charge on any atom is 0.270 e. The van der Waals surface area contributed by atoms with E-state index in [2.05, 4.69) is 33.0 Å². The quantitative estimate of drug-likeness (QED) is 0.646. The summed E-state index contributed by atoms with van der Waals surface area (Å²) in [5.41, 5.74) is -0.596. The maximum absolute atomic E-state index is 13.6. The molecule has 0 bridgehead atoms. The number of benzene rings is 1. The van der Waals surface area contributed by atoms with Gasteiger partial charge in [0.25, 0.3) is 11.6 Å². The van der Waals surface area contributed by atoms with Gasteiger partial charge in [-0.15, -0.1) is 0 Å². The predicted octanol–water partition coefficient (Wildman–Crippen LogP) is 3.39. The second-order valence-electron chi connectivity index (χ2n) is 5.78. The van der Waals surface area contributed by atoms with Gasteiger partial charge in [0, 0.05) is 18.7 Å². The number of non-ortho nitro benzene ring substituents is 1. The molecule has 1 aromatic rings. The molecule has 1 amide bonds. The smallest absolute Gasteiger partial charge is 0.270 e. The van der Waals surface area contributed by atoms with Gasteiger partial charge in [-0.05, 0) is 23.8 Å². The van der Waals surface area contributed by atoms with Crippen molar-refractivity contribution in [3.8, 4) is 0 Å². The van der Waals surface area contributed by atoms with E-state index >= 15 is 0 Å². The number of rotatable bonds is 6. The Labute approximate surface area is 123 Å². The Morgan fingerprint density at radius 1 is 1.29 bits per heavy atom. The van der Waals surface area contributed by atoms with Gasteiger partial charge in [-0.2, -0.15) is 0 Å². The highest BCUT2D eigenvalue weighted by Crippen LogP contribution is 2.20. The number of nitrogens with zero attached hydrogens (tertiary/aromatic N) is 1. The molecule has 116 valence electrons. The molecule has 1 rings (SSSR count). The number of carbonyl (C=O) groups is 1. The molecule has 0 saturated heterocycles. The van der Waals surface area contributed by atoms with Crippen LogP contribution in [0.4, 0.5) is 10.1 Å². The highest BCUT2D eigenvalue weighted by Gasteiger charge is 2.21. The molecule has 21 heavy (non-hydrogen) atoms. The lowest BCUT2D eigenvalue weighted by molar-refractivity contribution is -0.384. The van der Waals surface area contributed by atoms with Crippen LogP contribution < -0.4 is 5.32 Å². The van der Waals surface area contributed by atoms with Gasteiger partial charge in [0.05, 0.1) is 10.5 Å². The van der Waals surface area contributed by atoms with Crippen molar-refractivity contribution in [1.82, 2.24) is 5.32 Å². The molecule has 0 atom stereocenters. The summed E-state index contributed by atoms with van der Waals surface area (Å²) < 4.78 is 13.6. The average Bonchev–Trinajstić information content (AvgIpc) is 2.37. The standard InChI is InChI=1S/C15H21FN2O3/c1-9(2)13(10(3)4)8-17-15(19)12-7-11(18(20)21)5-6-14(12)16/h5-7,9-10,13H,8H2,1-4H3,(H,17,19). The predicted molar refractivity (Wildman–Crippen MR) is 78.6 cm³/mol. The van der Waals surface area contributed by atoms with E-state index in [1.165, 1.54) is 0 Å². The van der Waals surface area contributed by atoms with Crippen LogP contribution in [0.5, 0.6) is 0 Å². The fourth-order valence-corrected chi connectivity index (χ4v) is 2.35. The minimum Gasteiger partial charge on any atom is -0.352 e. The minimum absolute atomic E-state index is 0.260. The van der Waals surface area contributed by atoms with Crippen molar-refractivity contribution in [2.75, 3.05) is 6.54 Å². The van der Waals surface area contributed by atoms with Gasteiger partial charge in [-0.1, -0.05) is 27.7 Å². The number of amides is 1. The lowest BCUT2D eigenvalue weighted by Gasteiger charge is -2.25. The van der Waals surface area contributed by atoms with Crippen molar-refractivity contribution in [1.29, 1.82) is 0 Å². The molecule has 0 aliphatic rings. The number of hydrogen-bond acceptors (Lipinski definition) is 3. The zero-order valence-electron chi connectivity index (χ0n) is 12.7. The molecule has 0 aromatic heterocycles. The first kappa shape index (κ1) is 17.1. The number of carbonyl (C=O) groups excluding carboxylic acids is 1. The number of hydrogen-bond donors (Lipinski definition) is 1. The number of nitrogens with one attached hydrogen (secondary N) is 1. The SMILES string of the molecule is CC(C)C(CNC(=O)c1cc([N+](=O)[O-])ccc1F)C(C)C. The number of nitro groups is 1. The van der Waals surface area contributed by atoms with Crippen molar-refractivity contribution >= 4 is 11.6 Å².